The third-order valence-corrected chi connectivity index (χ3v) is 3.62. The number of carbonyl (C=O) groups excluding carboxylic acids is 3. The van der Waals surface area contributed by atoms with Crippen LogP contribution in [0.2, 0.25) is 0 Å². The van der Waals surface area contributed by atoms with Crippen LogP contribution in [0.1, 0.15) is 12.1 Å². The molecule has 0 spiro atoms. The second-order valence-electron chi connectivity index (χ2n) is 5.85. The van der Waals surface area contributed by atoms with E-state index in [9.17, 15) is 29.1 Å². The van der Waals surface area contributed by atoms with Crippen LogP contribution in [0.3, 0.4) is 0 Å². The maximum atomic E-state index is 12.5. The fourth-order valence-corrected chi connectivity index (χ4v) is 2.19. The van der Waals surface area contributed by atoms with Gasteiger partial charge < -0.3 is 42.0 Å². The molecule has 0 saturated heterocycles. The average Bonchev–Trinajstić information content (AvgIpc) is 3.17. The molecule has 0 aliphatic heterocycles. The molecule has 3 amide bonds. The molecule has 14 heteroatoms. The molecule has 0 saturated carbocycles. The van der Waals surface area contributed by atoms with E-state index < -0.39 is 67.4 Å². The molecule has 29 heavy (non-hydrogen) atoms. The zero-order valence-corrected chi connectivity index (χ0v) is 15.1. The van der Waals surface area contributed by atoms with Crippen LogP contribution in [0.15, 0.2) is 12.5 Å². The number of aliphatic carboxylic acids is 2. The third kappa shape index (κ3) is 7.94. The van der Waals surface area contributed by atoms with E-state index in [1.165, 1.54) is 12.5 Å². The number of aromatic amines is 1. The molecular weight excluding hydrogens is 392 g/mol. The number of aliphatic hydroxyl groups is 1. The van der Waals surface area contributed by atoms with Crippen molar-refractivity contribution < 1.29 is 39.3 Å². The predicted octanol–water partition coefficient (Wildman–Crippen LogP) is -4.08. The van der Waals surface area contributed by atoms with E-state index in [1.807, 2.05) is 5.32 Å². The Morgan fingerprint density at radius 3 is 2.14 bits per heavy atom. The average molecular weight is 414 g/mol. The molecule has 1 heterocycles. The summed E-state index contributed by atoms with van der Waals surface area (Å²) in [4.78, 5) is 64.6. The minimum atomic E-state index is -1.73. The Morgan fingerprint density at radius 1 is 1.03 bits per heavy atom. The number of rotatable bonds is 12. The Morgan fingerprint density at radius 2 is 1.66 bits per heavy atom. The third-order valence-electron chi connectivity index (χ3n) is 3.62. The summed E-state index contributed by atoms with van der Waals surface area (Å²) >= 11 is 0. The largest absolute Gasteiger partial charge is 0.481 e. The van der Waals surface area contributed by atoms with Gasteiger partial charge in [-0.05, 0) is 0 Å². The van der Waals surface area contributed by atoms with Crippen molar-refractivity contribution in [3.05, 3.63) is 18.2 Å². The summed E-state index contributed by atoms with van der Waals surface area (Å²) in [6, 6.07) is -4.49. The molecule has 0 aromatic carbocycles. The molecule has 1 aromatic heterocycles. The highest BCUT2D eigenvalue weighted by atomic mass is 16.4. The van der Waals surface area contributed by atoms with Gasteiger partial charge in [0.05, 0.1) is 25.9 Å². The van der Waals surface area contributed by atoms with Crippen LogP contribution in [0.5, 0.6) is 0 Å². The van der Waals surface area contributed by atoms with Crippen LogP contribution in [0, 0.1) is 0 Å². The molecule has 1 aromatic rings. The van der Waals surface area contributed by atoms with Gasteiger partial charge in [0.25, 0.3) is 0 Å². The quantitative estimate of drug-likeness (QED) is 0.164. The van der Waals surface area contributed by atoms with E-state index >= 15 is 0 Å². The Bertz CT molecular complexity index is 737. The van der Waals surface area contributed by atoms with Gasteiger partial charge in [0.1, 0.15) is 18.1 Å². The van der Waals surface area contributed by atoms with Crippen LogP contribution in [-0.2, 0) is 30.4 Å². The van der Waals surface area contributed by atoms with Gasteiger partial charge in [-0.3, -0.25) is 19.2 Å². The summed E-state index contributed by atoms with van der Waals surface area (Å²) in [5, 5.41) is 33.6. The summed E-state index contributed by atoms with van der Waals surface area (Å²) in [6.07, 6.45) is 1.64. The van der Waals surface area contributed by atoms with E-state index in [4.69, 9.17) is 15.9 Å². The summed E-state index contributed by atoms with van der Waals surface area (Å²) < 4.78 is 0. The minimum Gasteiger partial charge on any atom is -0.481 e. The number of carboxylic acids is 2. The molecule has 0 aliphatic carbocycles. The highest BCUT2D eigenvalue weighted by Crippen LogP contribution is 2.02. The molecule has 3 atom stereocenters. The lowest BCUT2D eigenvalue weighted by molar-refractivity contribution is -0.147. The van der Waals surface area contributed by atoms with Crippen LogP contribution < -0.4 is 21.7 Å². The number of hydrogen-bond donors (Lipinski definition) is 8. The zero-order chi connectivity index (χ0) is 22.0. The number of nitrogens with one attached hydrogen (secondary N) is 4. The lowest BCUT2D eigenvalue weighted by atomic mass is 10.1. The van der Waals surface area contributed by atoms with Crippen molar-refractivity contribution in [1.29, 1.82) is 0 Å². The Kier molecular flexibility index (Phi) is 9.21. The first-order valence-corrected chi connectivity index (χ1v) is 8.30. The number of nitrogens with zero attached hydrogens (tertiary/aromatic N) is 1. The summed E-state index contributed by atoms with van der Waals surface area (Å²) in [6.45, 7) is -1.22. The molecular formula is C15H22N6O8. The van der Waals surface area contributed by atoms with Gasteiger partial charge in [-0.1, -0.05) is 0 Å². The second-order valence-corrected chi connectivity index (χ2v) is 5.85. The Balaban J connectivity index is 2.95. The van der Waals surface area contributed by atoms with E-state index in [2.05, 4.69) is 20.6 Å². The SMILES string of the molecule is NCC(=O)NC(CO)C(=O)NC(Cc1cnc[nH]1)C(=O)NC(CC(=O)O)C(=O)O. The molecule has 0 aliphatic rings. The van der Waals surface area contributed by atoms with Crippen molar-refractivity contribution in [2.75, 3.05) is 13.2 Å². The maximum Gasteiger partial charge on any atom is 0.326 e. The van der Waals surface area contributed by atoms with Gasteiger partial charge in [0.2, 0.25) is 17.7 Å². The fourth-order valence-electron chi connectivity index (χ4n) is 2.19. The first-order valence-electron chi connectivity index (χ1n) is 8.30. The summed E-state index contributed by atoms with van der Waals surface area (Å²) in [5.74, 6) is -5.66. The number of H-pyrrole nitrogens is 1. The van der Waals surface area contributed by atoms with Gasteiger partial charge in [-0.25, -0.2) is 9.78 Å². The lowest BCUT2D eigenvalue weighted by Crippen LogP contribution is -2.57. The minimum absolute atomic E-state index is 0.153. The molecule has 14 nitrogen and oxygen atoms in total. The highest BCUT2D eigenvalue weighted by molar-refractivity contribution is 5.94. The predicted molar refractivity (Wildman–Crippen MR) is 94.1 cm³/mol. The smallest absolute Gasteiger partial charge is 0.326 e. The van der Waals surface area contributed by atoms with Crippen molar-refractivity contribution in [3.63, 3.8) is 0 Å². The zero-order valence-electron chi connectivity index (χ0n) is 15.1. The topological polar surface area (TPSA) is 237 Å². The number of carbonyl (C=O) groups is 5. The molecule has 1 rings (SSSR count). The molecule has 0 fully saturated rings. The first-order chi connectivity index (χ1) is 13.7. The molecule has 9 N–H and O–H groups in total. The van der Waals surface area contributed by atoms with Crippen LogP contribution >= 0.6 is 0 Å². The van der Waals surface area contributed by atoms with Crippen molar-refractivity contribution in [1.82, 2.24) is 25.9 Å². The van der Waals surface area contributed by atoms with Crippen molar-refractivity contribution in [3.8, 4) is 0 Å². The Labute approximate surface area is 163 Å². The van der Waals surface area contributed by atoms with Crippen LogP contribution in [0.25, 0.3) is 0 Å². The van der Waals surface area contributed by atoms with E-state index in [0.29, 0.717) is 5.69 Å². The number of amides is 3. The molecule has 160 valence electrons. The van der Waals surface area contributed by atoms with E-state index in [1.54, 1.807) is 0 Å². The van der Waals surface area contributed by atoms with Crippen LogP contribution in [0.4, 0.5) is 0 Å². The van der Waals surface area contributed by atoms with E-state index in [0.717, 1.165) is 0 Å². The maximum absolute atomic E-state index is 12.5. The lowest BCUT2D eigenvalue weighted by Gasteiger charge is -2.23. The van der Waals surface area contributed by atoms with Gasteiger partial charge in [-0.15, -0.1) is 0 Å². The monoisotopic (exact) mass is 414 g/mol. The molecule has 0 bridgehead atoms. The van der Waals surface area contributed by atoms with Gasteiger partial charge in [-0.2, -0.15) is 0 Å². The number of carboxylic acid groups (broad SMARTS) is 2. The van der Waals surface area contributed by atoms with Crippen molar-refractivity contribution >= 4 is 29.7 Å². The van der Waals surface area contributed by atoms with Crippen molar-refractivity contribution in [2.45, 2.75) is 31.0 Å². The molecule has 0 radical (unpaired) electrons. The standard InChI is InChI=1S/C15H22N6O8/c16-3-11(23)19-10(5-22)14(27)20-8(1-7-4-17-6-18-7)13(26)21-9(15(28)29)2-12(24)25/h4,6,8-10,22H,1-3,5,16H2,(H,17,18)(H,19,23)(H,20,27)(H,21,26)(H,24,25)(H,28,29). The van der Waals surface area contributed by atoms with Gasteiger partial charge in [0.15, 0.2) is 0 Å². The normalized spacial score (nSPS) is 13.6. The van der Waals surface area contributed by atoms with Crippen molar-refractivity contribution in [2.24, 2.45) is 5.73 Å². The number of imidazole rings is 1. The first kappa shape index (κ1) is 23.5. The summed E-state index contributed by atoms with van der Waals surface area (Å²) in [7, 11) is 0. The van der Waals surface area contributed by atoms with Gasteiger partial charge >= 0.3 is 11.9 Å². The second kappa shape index (κ2) is 11.4. The highest BCUT2D eigenvalue weighted by Gasteiger charge is 2.30. The molecule has 3 unspecified atom stereocenters. The fraction of sp³-hybridized carbons (Fsp3) is 0.467. The van der Waals surface area contributed by atoms with Crippen LogP contribution in [-0.4, -0.2) is 86.2 Å². The number of aromatic nitrogens is 2. The summed E-state index contributed by atoms with van der Waals surface area (Å²) in [5.41, 5.74) is 5.54. The number of hydrogen-bond acceptors (Lipinski definition) is 8. The van der Waals surface area contributed by atoms with E-state index in [-0.39, 0.29) is 6.42 Å². The number of aliphatic hydroxyl groups excluding tert-OH is 1. The van der Waals surface area contributed by atoms with Gasteiger partial charge in [0, 0.05) is 18.3 Å². The Hall–Kier alpha value is -3.52. The number of nitrogens with two attached hydrogens (primary N) is 1.